The molecule has 3 N–H and O–H groups in total. The van der Waals surface area contributed by atoms with Crippen LogP contribution in [0.1, 0.15) is 11.1 Å². The van der Waals surface area contributed by atoms with Crippen LogP contribution in [0.4, 0.5) is 14.6 Å². The predicted molar refractivity (Wildman–Crippen MR) is 72.0 cm³/mol. The zero-order chi connectivity index (χ0) is 14.0. The van der Waals surface area contributed by atoms with Crippen LogP contribution >= 0.6 is 11.8 Å². The van der Waals surface area contributed by atoms with Crippen molar-refractivity contribution in [3.63, 3.8) is 0 Å². The molecular formula is C13H13F2N3S. The van der Waals surface area contributed by atoms with Crippen LogP contribution in [-0.4, -0.2) is 4.98 Å². The SMILES string of the molecule is Cc1ccc(Sc2nc(NN)c(F)cc2F)c(C)c1. The number of hydrogen-bond donors (Lipinski definition) is 2. The topological polar surface area (TPSA) is 50.9 Å². The second kappa shape index (κ2) is 5.54. The average molecular weight is 281 g/mol. The Kier molecular flexibility index (Phi) is 4.01. The minimum atomic E-state index is -0.815. The first kappa shape index (κ1) is 13.8. The van der Waals surface area contributed by atoms with E-state index in [1.165, 1.54) is 0 Å². The first-order chi connectivity index (χ1) is 9.01. The number of benzene rings is 1. The van der Waals surface area contributed by atoms with Crippen molar-refractivity contribution in [1.82, 2.24) is 4.98 Å². The highest BCUT2D eigenvalue weighted by Gasteiger charge is 2.13. The lowest BCUT2D eigenvalue weighted by Crippen LogP contribution is -2.11. The molecule has 0 fully saturated rings. The normalized spacial score (nSPS) is 10.6. The number of nitrogens with two attached hydrogens (primary N) is 1. The maximum atomic E-state index is 13.7. The molecule has 2 aromatic rings. The predicted octanol–water partition coefficient (Wildman–Crippen LogP) is 3.41. The van der Waals surface area contributed by atoms with E-state index in [1.807, 2.05) is 32.0 Å². The molecule has 1 aromatic heterocycles. The summed E-state index contributed by atoms with van der Waals surface area (Å²) in [5.74, 6) is 3.43. The van der Waals surface area contributed by atoms with Crippen LogP contribution in [0, 0.1) is 25.5 Å². The molecule has 0 aliphatic carbocycles. The van der Waals surface area contributed by atoms with Gasteiger partial charge in [-0.2, -0.15) is 0 Å². The van der Waals surface area contributed by atoms with Gasteiger partial charge in [0.05, 0.1) is 0 Å². The Morgan fingerprint density at radius 2 is 1.89 bits per heavy atom. The first-order valence-electron chi connectivity index (χ1n) is 5.59. The third-order valence-electron chi connectivity index (χ3n) is 2.57. The molecule has 0 unspecified atom stereocenters. The Morgan fingerprint density at radius 3 is 2.53 bits per heavy atom. The lowest BCUT2D eigenvalue weighted by Gasteiger charge is -2.09. The van der Waals surface area contributed by atoms with Gasteiger partial charge >= 0.3 is 0 Å². The van der Waals surface area contributed by atoms with E-state index in [-0.39, 0.29) is 10.8 Å². The summed E-state index contributed by atoms with van der Waals surface area (Å²) >= 11 is 1.14. The van der Waals surface area contributed by atoms with E-state index in [2.05, 4.69) is 10.4 Å². The number of pyridine rings is 1. The minimum absolute atomic E-state index is 0.0845. The van der Waals surface area contributed by atoms with Crippen molar-refractivity contribution in [2.45, 2.75) is 23.8 Å². The van der Waals surface area contributed by atoms with E-state index in [9.17, 15) is 8.78 Å². The molecule has 0 saturated carbocycles. The van der Waals surface area contributed by atoms with Crippen molar-refractivity contribution in [2.75, 3.05) is 5.43 Å². The molecule has 0 saturated heterocycles. The van der Waals surface area contributed by atoms with Gasteiger partial charge < -0.3 is 5.43 Å². The van der Waals surface area contributed by atoms with Crippen molar-refractivity contribution in [3.8, 4) is 0 Å². The molecule has 0 aliphatic heterocycles. The molecule has 0 radical (unpaired) electrons. The number of aromatic nitrogens is 1. The lowest BCUT2D eigenvalue weighted by molar-refractivity contribution is 0.551. The second-order valence-electron chi connectivity index (χ2n) is 4.12. The summed E-state index contributed by atoms with van der Waals surface area (Å²) in [6, 6.07) is 6.58. The summed E-state index contributed by atoms with van der Waals surface area (Å²) in [6.45, 7) is 3.91. The van der Waals surface area contributed by atoms with Gasteiger partial charge in [0, 0.05) is 11.0 Å². The summed E-state index contributed by atoms with van der Waals surface area (Å²) in [6.07, 6.45) is 0. The molecule has 0 amide bonds. The van der Waals surface area contributed by atoms with Crippen molar-refractivity contribution in [2.24, 2.45) is 5.84 Å². The third-order valence-corrected chi connectivity index (χ3v) is 3.73. The van der Waals surface area contributed by atoms with Gasteiger partial charge in [0.15, 0.2) is 17.5 Å². The molecule has 100 valence electrons. The Hall–Kier alpha value is -1.66. The number of aryl methyl sites for hydroxylation is 2. The van der Waals surface area contributed by atoms with Gasteiger partial charge in [0.2, 0.25) is 0 Å². The van der Waals surface area contributed by atoms with Gasteiger partial charge in [-0.1, -0.05) is 29.5 Å². The van der Waals surface area contributed by atoms with Crippen LogP contribution < -0.4 is 11.3 Å². The fraction of sp³-hybridized carbons (Fsp3) is 0.154. The van der Waals surface area contributed by atoms with Crippen LogP contribution in [0.2, 0.25) is 0 Å². The Morgan fingerprint density at radius 1 is 1.16 bits per heavy atom. The van der Waals surface area contributed by atoms with Gasteiger partial charge in [0.1, 0.15) is 5.03 Å². The van der Waals surface area contributed by atoms with Gasteiger partial charge in [-0.15, -0.1) is 0 Å². The Labute approximate surface area is 114 Å². The van der Waals surface area contributed by atoms with E-state index in [0.29, 0.717) is 0 Å². The molecule has 6 heteroatoms. The van der Waals surface area contributed by atoms with E-state index < -0.39 is 11.6 Å². The lowest BCUT2D eigenvalue weighted by atomic mass is 10.2. The summed E-state index contributed by atoms with van der Waals surface area (Å²) in [5, 5.41) is 0.0845. The highest BCUT2D eigenvalue weighted by Crippen LogP contribution is 2.32. The smallest absolute Gasteiger partial charge is 0.177 e. The molecule has 0 spiro atoms. The van der Waals surface area contributed by atoms with E-state index in [1.54, 1.807) is 0 Å². The number of hydrogen-bond acceptors (Lipinski definition) is 4. The Balaban J connectivity index is 2.37. The van der Waals surface area contributed by atoms with Crippen LogP contribution in [0.25, 0.3) is 0 Å². The average Bonchev–Trinajstić information content (AvgIpc) is 2.35. The van der Waals surface area contributed by atoms with Crippen molar-refractivity contribution < 1.29 is 8.78 Å². The summed E-state index contributed by atoms with van der Waals surface area (Å²) in [5.41, 5.74) is 4.24. The fourth-order valence-corrected chi connectivity index (χ4v) is 2.50. The molecule has 3 nitrogen and oxygen atoms in total. The van der Waals surface area contributed by atoms with Crippen LogP contribution in [-0.2, 0) is 0 Å². The quantitative estimate of drug-likeness (QED) is 0.668. The fourth-order valence-electron chi connectivity index (χ4n) is 1.64. The van der Waals surface area contributed by atoms with Crippen LogP contribution in [0.3, 0.4) is 0 Å². The molecule has 0 atom stereocenters. The van der Waals surface area contributed by atoms with E-state index >= 15 is 0 Å². The number of rotatable bonds is 3. The second-order valence-corrected chi connectivity index (χ2v) is 5.15. The van der Waals surface area contributed by atoms with Crippen LogP contribution in [0.5, 0.6) is 0 Å². The maximum Gasteiger partial charge on any atom is 0.177 e. The molecule has 2 rings (SSSR count). The number of nitrogen functional groups attached to an aromatic ring is 1. The minimum Gasteiger partial charge on any atom is -0.306 e. The maximum absolute atomic E-state index is 13.7. The molecule has 1 aromatic carbocycles. The first-order valence-corrected chi connectivity index (χ1v) is 6.40. The molecule has 1 heterocycles. The summed E-state index contributed by atoms with van der Waals surface area (Å²) in [4.78, 5) is 4.69. The zero-order valence-electron chi connectivity index (χ0n) is 10.5. The molecule has 0 aliphatic rings. The van der Waals surface area contributed by atoms with Crippen molar-refractivity contribution in [1.29, 1.82) is 0 Å². The van der Waals surface area contributed by atoms with E-state index in [4.69, 9.17) is 5.84 Å². The third kappa shape index (κ3) is 3.02. The van der Waals surface area contributed by atoms with E-state index in [0.717, 1.165) is 33.9 Å². The van der Waals surface area contributed by atoms with Gasteiger partial charge in [-0.3, -0.25) is 0 Å². The zero-order valence-corrected chi connectivity index (χ0v) is 11.3. The van der Waals surface area contributed by atoms with Gasteiger partial charge in [-0.25, -0.2) is 19.6 Å². The number of nitrogens with one attached hydrogen (secondary N) is 1. The monoisotopic (exact) mass is 281 g/mol. The largest absolute Gasteiger partial charge is 0.306 e. The van der Waals surface area contributed by atoms with Gasteiger partial charge in [-0.05, 0) is 25.5 Å². The molecular weight excluding hydrogens is 268 g/mol. The van der Waals surface area contributed by atoms with Gasteiger partial charge in [0.25, 0.3) is 0 Å². The van der Waals surface area contributed by atoms with Crippen LogP contribution in [0.15, 0.2) is 34.2 Å². The summed E-state index contributed by atoms with van der Waals surface area (Å²) in [7, 11) is 0. The molecule has 19 heavy (non-hydrogen) atoms. The van der Waals surface area contributed by atoms with Crippen molar-refractivity contribution in [3.05, 3.63) is 47.0 Å². The number of nitrogens with zero attached hydrogens (tertiary/aromatic N) is 1. The standard InChI is InChI=1S/C13H13F2N3S/c1-7-3-4-11(8(2)5-7)19-13-10(15)6-9(14)12(17-13)18-16/h3-6H,16H2,1-2H3,(H,17,18). The number of hydrazine groups is 1. The Bertz CT molecular complexity index is 617. The number of halogens is 2. The van der Waals surface area contributed by atoms with Crippen molar-refractivity contribution >= 4 is 17.6 Å². The number of anilines is 1. The highest BCUT2D eigenvalue weighted by molar-refractivity contribution is 7.99. The summed E-state index contributed by atoms with van der Waals surface area (Å²) < 4.78 is 26.9. The highest BCUT2D eigenvalue weighted by atomic mass is 32.2. The molecule has 0 bridgehead atoms.